The lowest BCUT2D eigenvalue weighted by Gasteiger charge is -2.22. The fourth-order valence-corrected chi connectivity index (χ4v) is 2.52. The first-order valence-electron chi connectivity index (χ1n) is 7.02. The van der Waals surface area contributed by atoms with Crippen LogP contribution >= 0.6 is 0 Å². The summed E-state index contributed by atoms with van der Waals surface area (Å²) in [6, 6.07) is 5.87. The normalized spacial score (nSPS) is 17.3. The first kappa shape index (κ1) is 14.6. The van der Waals surface area contributed by atoms with Crippen molar-refractivity contribution >= 4 is 5.91 Å². The highest BCUT2D eigenvalue weighted by Crippen LogP contribution is 2.33. The van der Waals surface area contributed by atoms with E-state index in [1.807, 2.05) is 20.8 Å². The fraction of sp³-hybridized carbons (Fsp3) is 0.312. The topological polar surface area (TPSA) is 80.9 Å². The highest BCUT2D eigenvalue weighted by Gasteiger charge is 2.35. The molecule has 6 heteroatoms. The van der Waals surface area contributed by atoms with E-state index in [0.717, 1.165) is 5.69 Å². The monoisotopic (exact) mass is 300 g/mol. The minimum Gasteiger partial charge on any atom is -0.331 e. The molecular formula is C16H17FN4O. The molecule has 0 radical (unpaired) electrons. The molecule has 1 aromatic heterocycles. The number of hydrogen-bond acceptors (Lipinski definition) is 4. The third kappa shape index (κ3) is 2.35. The largest absolute Gasteiger partial charge is 0.331 e. The van der Waals surface area contributed by atoms with Gasteiger partial charge in [0.05, 0.1) is 5.69 Å². The predicted molar refractivity (Wildman–Crippen MR) is 80.5 cm³/mol. The molecule has 5 nitrogen and oxygen atoms in total. The zero-order valence-corrected chi connectivity index (χ0v) is 12.6. The number of benzene rings is 1. The van der Waals surface area contributed by atoms with Crippen LogP contribution in [-0.4, -0.2) is 15.9 Å². The van der Waals surface area contributed by atoms with Gasteiger partial charge in [-0.1, -0.05) is 20.8 Å². The lowest BCUT2D eigenvalue weighted by Crippen LogP contribution is -2.27. The Labute approximate surface area is 127 Å². The SMILES string of the molecule is CC(C)(C)c1nc(-c2ccc(F)cc2)nc2c1C(N)NC2=O. The molecule has 0 saturated carbocycles. The Morgan fingerprint density at radius 1 is 1.18 bits per heavy atom. The van der Waals surface area contributed by atoms with Gasteiger partial charge in [-0.25, -0.2) is 14.4 Å². The van der Waals surface area contributed by atoms with Crippen LogP contribution in [0.1, 0.15) is 48.7 Å². The Morgan fingerprint density at radius 2 is 1.82 bits per heavy atom. The van der Waals surface area contributed by atoms with E-state index in [4.69, 9.17) is 5.73 Å². The second kappa shape index (κ2) is 4.84. The lowest BCUT2D eigenvalue weighted by atomic mass is 9.87. The van der Waals surface area contributed by atoms with Crippen LogP contribution in [0.5, 0.6) is 0 Å². The van der Waals surface area contributed by atoms with Crippen LogP contribution in [0.15, 0.2) is 24.3 Å². The van der Waals surface area contributed by atoms with Gasteiger partial charge in [-0.3, -0.25) is 4.79 Å². The molecule has 0 bridgehead atoms. The zero-order chi connectivity index (χ0) is 16.1. The number of rotatable bonds is 1. The summed E-state index contributed by atoms with van der Waals surface area (Å²) in [7, 11) is 0. The van der Waals surface area contributed by atoms with Crippen LogP contribution in [0.4, 0.5) is 4.39 Å². The molecule has 0 spiro atoms. The number of nitrogens with one attached hydrogen (secondary N) is 1. The lowest BCUT2D eigenvalue weighted by molar-refractivity contribution is 0.0953. The molecule has 2 aromatic rings. The van der Waals surface area contributed by atoms with Crippen molar-refractivity contribution in [1.82, 2.24) is 15.3 Å². The van der Waals surface area contributed by atoms with Gasteiger partial charge in [0.25, 0.3) is 5.91 Å². The molecule has 0 aliphatic carbocycles. The maximum absolute atomic E-state index is 13.1. The minimum atomic E-state index is -0.598. The summed E-state index contributed by atoms with van der Waals surface area (Å²) in [6.45, 7) is 6.00. The van der Waals surface area contributed by atoms with Crippen LogP contribution in [0.25, 0.3) is 11.4 Å². The summed E-state index contributed by atoms with van der Waals surface area (Å²) in [5, 5.41) is 2.66. The number of nitrogens with two attached hydrogens (primary N) is 1. The van der Waals surface area contributed by atoms with Gasteiger partial charge >= 0.3 is 0 Å². The van der Waals surface area contributed by atoms with E-state index in [0.29, 0.717) is 22.6 Å². The van der Waals surface area contributed by atoms with E-state index >= 15 is 0 Å². The second-order valence-electron chi connectivity index (χ2n) is 6.37. The van der Waals surface area contributed by atoms with Crippen molar-refractivity contribution in [3.63, 3.8) is 0 Å². The summed E-state index contributed by atoms with van der Waals surface area (Å²) < 4.78 is 13.1. The van der Waals surface area contributed by atoms with E-state index < -0.39 is 6.17 Å². The Bertz CT molecular complexity index is 750. The van der Waals surface area contributed by atoms with E-state index in [-0.39, 0.29) is 17.1 Å². The molecule has 1 unspecified atom stereocenters. The summed E-state index contributed by atoms with van der Waals surface area (Å²) in [6.07, 6.45) is -0.598. The molecule has 2 heterocycles. The molecule has 3 N–H and O–H groups in total. The molecule has 1 aliphatic rings. The standard InChI is InChI=1S/C16H17FN4O/c1-16(2,3)12-10-11(15(22)21-13(10)18)19-14(20-12)8-4-6-9(17)7-5-8/h4-7,13H,18H2,1-3H3,(H,21,22). The smallest absolute Gasteiger partial charge is 0.271 e. The Hall–Kier alpha value is -2.34. The average molecular weight is 300 g/mol. The van der Waals surface area contributed by atoms with Gasteiger partial charge in [-0.05, 0) is 24.3 Å². The van der Waals surface area contributed by atoms with Crippen molar-refractivity contribution in [3.8, 4) is 11.4 Å². The molecule has 0 fully saturated rings. The third-order valence-corrected chi connectivity index (χ3v) is 3.57. The summed E-state index contributed by atoms with van der Waals surface area (Å²) in [5.74, 6) is -0.243. The first-order chi connectivity index (χ1) is 10.3. The number of hydrogen-bond donors (Lipinski definition) is 2. The van der Waals surface area contributed by atoms with Crippen LogP contribution in [0, 0.1) is 5.82 Å². The van der Waals surface area contributed by atoms with Crippen LogP contribution < -0.4 is 11.1 Å². The zero-order valence-electron chi connectivity index (χ0n) is 12.6. The molecule has 114 valence electrons. The highest BCUT2D eigenvalue weighted by molar-refractivity contribution is 5.98. The molecule has 1 aliphatic heterocycles. The van der Waals surface area contributed by atoms with E-state index in [1.54, 1.807) is 12.1 Å². The molecule has 1 atom stereocenters. The predicted octanol–water partition coefficient (Wildman–Crippen LogP) is 2.28. The fourth-order valence-electron chi connectivity index (χ4n) is 2.52. The minimum absolute atomic E-state index is 0.298. The number of amides is 1. The van der Waals surface area contributed by atoms with Crippen molar-refractivity contribution in [3.05, 3.63) is 47.0 Å². The maximum Gasteiger partial charge on any atom is 0.271 e. The first-order valence-corrected chi connectivity index (χ1v) is 7.02. The van der Waals surface area contributed by atoms with Crippen molar-refractivity contribution in [2.45, 2.75) is 32.4 Å². The molecular weight excluding hydrogens is 283 g/mol. The van der Waals surface area contributed by atoms with Crippen LogP contribution in [0.2, 0.25) is 0 Å². The van der Waals surface area contributed by atoms with Gasteiger partial charge in [0.2, 0.25) is 0 Å². The van der Waals surface area contributed by atoms with Gasteiger partial charge < -0.3 is 11.1 Å². The van der Waals surface area contributed by atoms with Crippen LogP contribution in [0.3, 0.4) is 0 Å². The summed E-state index contributed by atoms with van der Waals surface area (Å²) >= 11 is 0. The van der Waals surface area contributed by atoms with E-state index in [9.17, 15) is 9.18 Å². The third-order valence-electron chi connectivity index (χ3n) is 3.57. The Balaban J connectivity index is 2.24. The molecule has 1 amide bonds. The van der Waals surface area contributed by atoms with E-state index in [2.05, 4.69) is 15.3 Å². The number of nitrogens with zero attached hydrogens (tertiary/aromatic N) is 2. The summed E-state index contributed by atoms with van der Waals surface area (Å²) in [5.41, 5.74) is 8.00. The Kier molecular flexibility index (Phi) is 3.21. The van der Waals surface area contributed by atoms with Gasteiger partial charge in [-0.15, -0.1) is 0 Å². The average Bonchev–Trinajstić information content (AvgIpc) is 2.73. The van der Waals surface area contributed by atoms with Crippen molar-refractivity contribution in [2.24, 2.45) is 5.73 Å². The number of carbonyl (C=O) groups excluding carboxylic acids is 1. The number of aromatic nitrogens is 2. The second-order valence-corrected chi connectivity index (χ2v) is 6.37. The van der Waals surface area contributed by atoms with E-state index in [1.165, 1.54) is 12.1 Å². The maximum atomic E-state index is 13.1. The Morgan fingerprint density at radius 3 is 2.41 bits per heavy atom. The van der Waals surface area contributed by atoms with Gasteiger partial charge in [0.1, 0.15) is 17.7 Å². The highest BCUT2D eigenvalue weighted by atomic mass is 19.1. The van der Waals surface area contributed by atoms with Crippen molar-refractivity contribution < 1.29 is 9.18 Å². The van der Waals surface area contributed by atoms with Crippen molar-refractivity contribution in [2.75, 3.05) is 0 Å². The van der Waals surface area contributed by atoms with Gasteiger partial charge in [-0.2, -0.15) is 0 Å². The summed E-state index contributed by atoms with van der Waals surface area (Å²) in [4.78, 5) is 21.0. The van der Waals surface area contributed by atoms with Crippen LogP contribution in [-0.2, 0) is 5.41 Å². The molecule has 1 aromatic carbocycles. The van der Waals surface area contributed by atoms with Gasteiger partial charge in [0, 0.05) is 16.5 Å². The van der Waals surface area contributed by atoms with Crippen molar-refractivity contribution in [1.29, 1.82) is 0 Å². The van der Waals surface area contributed by atoms with Gasteiger partial charge in [0.15, 0.2) is 5.82 Å². The number of halogens is 1. The molecule has 3 rings (SSSR count). The molecule has 22 heavy (non-hydrogen) atoms. The molecule has 0 saturated heterocycles. The number of carbonyl (C=O) groups is 1. The quantitative estimate of drug-likeness (QED) is 0.846. The number of fused-ring (bicyclic) bond motifs is 1.